The van der Waals surface area contributed by atoms with Gasteiger partial charge in [-0.2, -0.15) is 4.98 Å². The molecule has 0 bridgehead atoms. The third-order valence-corrected chi connectivity index (χ3v) is 3.36. The summed E-state index contributed by atoms with van der Waals surface area (Å²) in [5, 5.41) is 3.96. The molecule has 0 radical (unpaired) electrons. The zero-order valence-corrected chi connectivity index (χ0v) is 11.8. The first kappa shape index (κ1) is 13.2. The molecule has 0 aliphatic rings. The molecule has 6 nitrogen and oxygen atoms in total. The highest BCUT2D eigenvalue weighted by Crippen LogP contribution is 2.31. The van der Waals surface area contributed by atoms with Crippen LogP contribution in [0.5, 0.6) is 0 Å². The maximum Gasteiger partial charge on any atom is 0.240 e. The van der Waals surface area contributed by atoms with Crippen LogP contribution in [-0.4, -0.2) is 20.1 Å². The van der Waals surface area contributed by atoms with Crippen molar-refractivity contribution in [1.29, 1.82) is 0 Å². The van der Waals surface area contributed by atoms with E-state index in [1.165, 1.54) is 0 Å². The summed E-state index contributed by atoms with van der Waals surface area (Å²) >= 11 is 0. The summed E-state index contributed by atoms with van der Waals surface area (Å²) in [6.45, 7) is 4.03. The number of benzene rings is 1. The Morgan fingerprint density at radius 3 is 2.33 bits per heavy atom. The van der Waals surface area contributed by atoms with E-state index < -0.39 is 5.41 Å². The van der Waals surface area contributed by atoms with Crippen molar-refractivity contribution in [1.82, 2.24) is 20.1 Å². The van der Waals surface area contributed by atoms with Crippen LogP contribution in [-0.2, 0) is 5.41 Å². The van der Waals surface area contributed by atoms with Crippen LogP contribution < -0.4 is 5.73 Å². The first-order chi connectivity index (χ1) is 10.1. The average Bonchev–Trinajstić information content (AvgIpc) is 2.99. The number of nitrogen functional groups attached to an aromatic ring is 1. The number of hydrogen-bond donors (Lipinski definition) is 1. The van der Waals surface area contributed by atoms with Crippen LogP contribution in [0, 0.1) is 0 Å². The first-order valence-electron chi connectivity index (χ1n) is 6.55. The number of rotatable bonds is 3. The monoisotopic (exact) mass is 281 g/mol. The highest BCUT2D eigenvalue weighted by Gasteiger charge is 2.30. The van der Waals surface area contributed by atoms with Crippen molar-refractivity contribution in [3.63, 3.8) is 0 Å². The minimum atomic E-state index is -0.423. The number of aromatic nitrogens is 4. The van der Waals surface area contributed by atoms with Gasteiger partial charge in [0.25, 0.3) is 0 Å². The van der Waals surface area contributed by atoms with E-state index in [0.29, 0.717) is 17.5 Å². The predicted octanol–water partition coefficient (Wildman–Crippen LogP) is 2.43. The number of hydrogen-bond acceptors (Lipinski definition) is 6. The van der Waals surface area contributed by atoms with E-state index in [2.05, 4.69) is 20.1 Å². The SMILES string of the molecule is CC(C)(c1ccc(N)cc1)c1nc(-c2ncccn2)no1. The van der Waals surface area contributed by atoms with Crippen molar-refractivity contribution in [3.8, 4) is 11.6 Å². The van der Waals surface area contributed by atoms with Crippen molar-refractivity contribution < 1.29 is 4.52 Å². The van der Waals surface area contributed by atoms with Crippen LogP contribution in [0.1, 0.15) is 25.3 Å². The van der Waals surface area contributed by atoms with Crippen LogP contribution in [0.4, 0.5) is 5.69 Å². The second-order valence-electron chi connectivity index (χ2n) is 5.24. The second-order valence-corrected chi connectivity index (χ2v) is 5.24. The van der Waals surface area contributed by atoms with Crippen molar-refractivity contribution in [2.75, 3.05) is 5.73 Å². The lowest BCUT2D eigenvalue weighted by molar-refractivity contribution is 0.332. The highest BCUT2D eigenvalue weighted by atomic mass is 16.5. The summed E-state index contributed by atoms with van der Waals surface area (Å²) in [4.78, 5) is 12.6. The Labute approximate surface area is 122 Å². The van der Waals surface area contributed by atoms with Gasteiger partial charge in [-0.15, -0.1) is 0 Å². The molecular formula is C15H15N5O. The average molecular weight is 281 g/mol. The molecule has 0 spiro atoms. The second kappa shape index (κ2) is 4.97. The van der Waals surface area contributed by atoms with E-state index in [-0.39, 0.29) is 0 Å². The van der Waals surface area contributed by atoms with E-state index >= 15 is 0 Å². The van der Waals surface area contributed by atoms with Gasteiger partial charge in [-0.3, -0.25) is 0 Å². The van der Waals surface area contributed by atoms with Gasteiger partial charge in [-0.25, -0.2) is 9.97 Å². The third kappa shape index (κ3) is 2.47. The lowest BCUT2D eigenvalue weighted by Gasteiger charge is -2.20. The summed E-state index contributed by atoms with van der Waals surface area (Å²) in [7, 11) is 0. The van der Waals surface area contributed by atoms with Gasteiger partial charge in [0.1, 0.15) is 0 Å². The fourth-order valence-corrected chi connectivity index (χ4v) is 2.01. The highest BCUT2D eigenvalue weighted by molar-refractivity contribution is 5.44. The smallest absolute Gasteiger partial charge is 0.240 e. The van der Waals surface area contributed by atoms with Gasteiger partial charge < -0.3 is 10.3 Å². The lowest BCUT2D eigenvalue weighted by Crippen LogP contribution is -2.19. The molecule has 2 aromatic heterocycles. The number of anilines is 1. The maximum atomic E-state index is 5.72. The minimum Gasteiger partial charge on any atom is -0.399 e. The zero-order chi connectivity index (χ0) is 14.9. The summed E-state index contributed by atoms with van der Waals surface area (Å²) in [6, 6.07) is 9.36. The Hall–Kier alpha value is -2.76. The van der Waals surface area contributed by atoms with E-state index in [4.69, 9.17) is 10.3 Å². The van der Waals surface area contributed by atoms with Crippen LogP contribution >= 0.6 is 0 Å². The molecular weight excluding hydrogens is 266 g/mol. The van der Waals surface area contributed by atoms with Crippen LogP contribution in [0.25, 0.3) is 11.6 Å². The molecule has 0 amide bonds. The molecule has 0 unspecified atom stereocenters. The van der Waals surface area contributed by atoms with Crippen LogP contribution in [0.15, 0.2) is 47.2 Å². The van der Waals surface area contributed by atoms with Gasteiger partial charge in [0, 0.05) is 18.1 Å². The van der Waals surface area contributed by atoms with Crippen molar-refractivity contribution in [2.24, 2.45) is 0 Å². The van der Waals surface area contributed by atoms with Gasteiger partial charge in [0.2, 0.25) is 17.5 Å². The Kier molecular flexibility index (Phi) is 3.13. The van der Waals surface area contributed by atoms with Gasteiger partial charge in [-0.05, 0) is 37.6 Å². The van der Waals surface area contributed by atoms with Gasteiger partial charge >= 0.3 is 0 Å². The standard InChI is InChI=1S/C15H15N5O/c1-15(2,10-4-6-11(16)7-5-10)14-19-13(20-21-14)12-17-8-3-9-18-12/h3-9H,16H2,1-2H3. The molecule has 3 rings (SSSR count). The molecule has 0 saturated heterocycles. The van der Waals surface area contributed by atoms with E-state index in [0.717, 1.165) is 11.3 Å². The third-order valence-electron chi connectivity index (χ3n) is 3.36. The molecule has 0 atom stereocenters. The quantitative estimate of drug-likeness (QED) is 0.741. The fraction of sp³-hybridized carbons (Fsp3) is 0.200. The normalized spacial score (nSPS) is 11.5. The Bertz CT molecular complexity index is 734. The van der Waals surface area contributed by atoms with Crippen LogP contribution in [0.2, 0.25) is 0 Å². The molecule has 0 aliphatic heterocycles. The Morgan fingerprint density at radius 1 is 1.00 bits per heavy atom. The molecule has 3 aromatic rings. The van der Waals surface area contributed by atoms with Crippen molar-refractivity contribution in [2.45, 2.75) is 19.3 Å². The summed E-state index contributed by atoms with van der Waals surface area (Å²) in [6.07, 6.45) is 3.28. The summed E-state index contributed by atoms with van der Waals surface area (Å²) < 4.78 is 5.40. The molecule has 106 valence electrons. The van der Waals surface area contributed by atoms with Crippen molar-refractivity contribution >= 4 is 5.69 Å². The predicted molar refractivity (Wildman–Crippen MR) is 78.3 cm³/mol. The molecule has 21 heavy (non-hydrogen) atoms. The van der Waals surface area contributed by atoms with Crippen LogP contribution in [0.3, 0.4) is 0 Å². The molecule has 0 aliphatic carbocycles. The Balaban J connectivity index is 1.97. The Morgan fingerprint density at radius 2 is 1.67 bits per heavy atom. The minimum absolute atomic E-state index is 0.383. The number of nitrogens with two attached hydrogens (primary N) is 1. The molecule has 0 fully saturated rings. The topological polar surface area (TPSA) is 90.7 Å². The van der Waals surface area contributed by atoms with Gasteiger partial charge in [0.05, 0.1) is 5.41 Å². The molecule has 2 heterocycles. The lowest BCUT2D eigenvalue weighted by atomic mass is 9.84. The fourth-order valence-electron chi connectivity index (χ4n) is 2.01. The molecule has 2 N–H and O–H groups in total. The van der Waals surface area contributed by atoms with E-state index in [1.54, 1.807) is 18.5 Å². The molecule has 1 aromatic carbocycles. The van der Waals surface area contributed by atoms with Crippen molar-refractivity contribution in [3.05, 3.63) is 54.2 Å². The molecule has 0 saturated carbocycles. The first-order valence-corrected chi connectivity index (χ1v) is 6.55. The molecule has 6 heteroatoms. The van der Waals surface area contributed by atoms with Gasteiger partial charge in [0.15, 0.2) is 0 Å². The largest absolute Gasteiger partial charge is 0.399 e. The zero-order valence-electron chi connectivity index (χ0n) is 11.8. The van der Waals surface area contributed by atoms with E-state index in [1.807, 2.05) is 38.1 Å². The van der Waals surface area contributed by atoms with E-state index in [9.17, 15) is 0 Å². The van der Waals surface area contributed by atoms with Gasteiger partial charge in [-0.1, -0.05) is 17.3 Å². The summed E-state index contributed by atoms with van der Waals surface area (Å²) in [5.41, 5.74) is 7.06. The maximum absolute atomic E-state index is 5.72. The summed E-state index contributed by atoms with van der Waals surface area (Å²) in [5.74, 6) is 1.34. The number of nitrogens with zero attached hydrogens (tertiary/aromatic N) is 4.